The molecule has 25 heavy (non-hydrogen) atoms. The maximum absolute atomic E-state index is 12.1. The lowest BCUT2D eigenvalue weighted by atomic mass is 10.1. The van der Waals surface area contributed by atoms with E-state index in [1.807, 2.05) is 50.2 Å². The van der Waals surface area contributed by atoms with Crippen LogP contribution < -0.4 is 10.6 Å². The van der Waals surface area contributed by atoms with Gasteiger partial charge in [-0.2, -0.15) is 0 Å². The van der Waals surface area contributed by atoms with Crippen molar-refractivity contribution in [2.75, 3.05) is 25.5 Å². The van der Waals surface area contributed by atoms with Gasteiger partial charge in [0, 0.05) is 6.20 Å². The Morgan fingerprint density at radius 2 is 1.76 bits per heavy atom. The molecule has 2 N–H and O–H groups in total. The van der Waals surface area contributed by atoms with Gasteiger partial charge in [0.15, 0.2) is 0 Å². The minimum atomic E-state index is -0.206. The minimum absolute atomic E-state index is 0.0762. The van der Waals surface area contributed by atoms with Crippen LogP contribution in [0, 0.1) is 6.92 Å². The highest BCUT2D eigenvalue weighted by Crippen LogP contribution is 2.10. The van der Waals surface area contributed by atoms with Crippen LogP contribution in [0.25, 0.3) is 0 Å². The lowest BCUT2D eigenvalue weighted by molar-refractivity contribution is -0.123. The highest BCUT2D eigenvalue weighted by Gasteiger charge is 2.14. The summed E-state index contributed by atoms with van der Waals surface area (Å²) >= 11 is 0. The zero-order valence-corrected chi connectivity index (χ0v) is 14.8. The van der Waals surface area contributed by atoms with Gasteiger partial charge in [0.1, 0.15) is 5.82 Å². The SMILES string of the molecule is Cc1ccc(NC(=O)CN(C)CC(=O)N[C@H](C)c2ccccc2)nc1. The molecule has 0 radical (unpaired) electrons. The van der Waals surface area contributed by atoms with E-state index in [1.165, 1.54) is 0 Å². The third-order valence-corrected chi connectivity index (χ3v) is 3.68. The number of carbonyl (C=O) groups excluding carboxylic acids is 2. The summed E-state index contributed by atoms with van der Waals surface area (Å²) < 4.78 is 0. The van der Waals surface area contributed by atoms with Gasteiger partial charge in [0.2, 0.25) is 11.8 Å². The van der Waals surface area contributed by atoms with E-state index in [4.69, 9.17) is 0 Å². The van der Waals surface area contributed by atoms with Crippen molar-refractivity contribution in [3.8, 4) is 0 Å². The summed E-state index contributed by atoms with van der Waals surface area (Å²) in [6.07, 6.45) is 1.69. The minimum Gasteiger partial charge on any atom is -0.348 e. The molecule has 132 valence electrons. The Morgan fingerprint density at radius 1 is 1.08 bits per heavy atom. The van der Waals surface area contributed by atoms with Crippen molar-refractivity contribution < 1.29 is 9.59 Å². The van der Waals surface area contributed by atoms with E-state index in [0.717, 1.165) is 11.1 Å². The summed E-state index contributed by atoms with van der Waals surface area (Å²) in [7, 11) is 1.73. The first-order valence-electron chi connectivity index (χ1n) is 8.19. The number of aromatic nitrogens is 1. The Labute approximate surface area is 148 Å². The average Bonchev–Trinajstić information content (AvgIpc) is 2.57. The molecule has 0 saturated heterocycles. The molecule has 1 atom stereocenters. The van der Waals surface area contributed by atoms with Gasteiger partial charge in [-0.3, -0.25) is 14.5 Å². The summed E-state index contributed by atoms with van der Waals surface area (Å²) in [5.41, 5.74) is 2.07. The number of amides is 2. The Hall–Kier alpha value is -2.73. The van der Waals surface area contributed by atoms with Gasteiger partial charge >= 0.3 is 0 Å². The number of carbonyl (C=O) groups is 2. The number of benzene rings is 1. The van der Waals surface area contributed by atoms with Crippen LogP contribution in [-0.4, -0.2) is 41.8 Å². The fraction of sp³-hybridized carbons (Fsp3) is 0.316. The Bertz CT molecular complexity index is 701. The molecule has 0 bridgehead atoms. The zero-order chi connectivity index (χ0) is 18.2. The van der Waals surface area contributed by atoms with Gasteiger partial charge in [-0.25, -0.2) is 4.98 Å². The quantitative estimate of drug-likeness (QED) is 0.810. The van der Waals surface area contributed by atoms with Gasteiger partial charge in [-0.1, -0.05) is 36.4 Å². The van der Waals surface area contributed by atoms with Crippen LogP contribution >= 0.6 is 0 Å². The lowest BCUT2D eigenvalue weighted by Crippen LogP contribution is -2.39. The third-order valence-electron chi connectivity index (χ3n) is 3.68. The molecule has 0 aliphatic heterocycles. The smallest absolute Gasteiger partial charge is 0.239 e. The van der Waals surface area contributed by atoms with E-state index in [2.05, 4.69) is 15.6 Å². The number of aryl methyl sites for hydroxylation is 1. The van der Waals surface area contributed by atoms with Crippen molar-refractivity contribution in [3.63, 3.8) is 0 Å². The molecule has 1 aromatic carbocycles. The van der Waals surface area contributed by atoms with E-state index in [1.54, 1.807) is 24.2 Å². The summed E-state index contributed by atoms with van der Waals surface area (Å²) in [6, 6.07) is 13.3. The van der Waals surface area contributed by atoms with Crippen LogP contribution in [0.2, 0.25) is 0 Å². The number of pyridine rings is 1. The number of hydrogen-bond donors (Lipinski definition) is 2. The molecule has 0 aliphatic carbocycles. The van der Waals surface area contributed by atoms with Crippen LogP contribution in [0.3, 0.4) is 0 Å². The van der Waals surface area contributed by atoms with Crippen LogP contribution in [0.5, 0.6) is 0 Å². The van der Waals surface area contributed by atoms with Gasteiger partial charge in [0.25, 0.3) is 0 Å². The van der Waals surface area contributed by atoms with Gasteiger partial charge < -0.3 is 10.6 Å². The third kappa shape index (κ3) is 6.35. The van der Waals surface area contributed by atoms with Crippen LogP contribution in [-0.2, 0) is 9.59 Å². The number of nitrogens with zero attached hydrogens (tertiary/aromatic N) is 2. The fourth-order valence-corrected chi connectivity index (χ4v) is 2.38. The van der Waals surface area contributed by atoms with Crippen molar-refractivity contribution >= 4 is 17.6 Å². The van der Waals surface area contributed by atoms with Crippen molar-refractivity contribution in [3.05, 3.63) is 59.8 Å². The first-order valence-corrected chi connectivity index (χ1v) is 8.19. The van der Waals surface area contributed by atoms with Gasteiger partial charge in [-0.15, -0.1) is 0 Å². The largest absolute Gasteiger partial charge is 0.348 e. The number of rotatable bonds is 7. The maximum Gasteiger partial charge on any atom is 0.239 e. The number of hydrogen-bond acceptors (Lipinski definition) is 4. The molecule has 2 aromatic rings. The average molecular weight is 340 g/mol. The first-order chi connectivity index (χ1) is 11.9. The van der Waals surface area contributed by atoms with Gasteiger partial charge in [-0.05, 0) is 38.1 Å². The molecule has 0 unspecified atom stereocenters. The van der Waals surface area contributed by atoms with Crippen LogP contribution in [0.4, 0.5) is 5.82 Å². The van der Waals surface area contributed by atoms with E-state index >= 15 is 0 Å². The van der Waals surface area contributed by atoms with E-state index in [-0.39, 0.29) is 30.9 Å². The fourth-order valence-electron chi connectivity index (χ4n) is 2.38. The molecule has 6 nitrogen and oxygen atoms in total. The van der Waals surface area contributed by atoms with Crippen molar-refractivity contribution in [2.24, 2.45) is 0 Å². The molecule has 6 heteroatoms. The highest BCUT2D eigenvalue weighted by atomic mass is 16.2. The second-order valence-corrected chi connectivity index (χ2v) is 6.14. The topological polar surface area (TPSA) is 74.3 Å². The Morgan fingerprint density at radius 3 is 2.40 bits per heavy atom. The van der Waals surface area contributed by atoms with E-state index in [9.17, 15) is 9.59 Å². The second-order valence-electron chi connectivity index (χ2n) is 6.14. The second kappa shape index (κ2) is 8.94. The summed E-state index contributed by atoms with van der Waals surface area (Å²) in [5, 5.41) is 5.65. The molecule has 0 fully saturated rings. The van der Waals surface area contributed by atoms with Crippen LogP contribution in [0.15, 0.2) is 48.7 Å². The molecular formula is C19H24N4O2. The lowest BCUT2D eigenvalue weighted by Gasteiger charge is -2.19. The molecule has 2 amide bonds. The molecule has 1 heterocycles. The molecule has 1 aromatic heterocycles. The van der Waals surface area contributed by atoms with Gasteiger partial charge in [0.05, 0.1) is 19.1 Å². The standard InChI is InChI=1S/C19H24N4O2/c1-14-9-10-17(20-11-14)22-19(25)13-23(3)12-18(24)21-15(2)16-7-5-4-6-8-16/h4-11,15H,12-13H2,1-3H3,(H,21,24)(H,20,22,25)/t15-/m1/s1. The highest BCUT2D eigenvalue weighted by molar-refractivity contribution is 5.91. The normalized spacial score (nSPS) is 11.8. The molecule has 2 rings (SSSR count). The summed E-state index contributed by atoms with van der Waals surface area (Å²) in [4.78, 5) is 29.9. The number of anilines is 1. The zero-order valence-electron chi connectivity index (χ0n) is 14.8. The summed E-state index contributed by atoms with van der Waals surface area (Å²) in [6.45, 7) is 4.12. The van der Waals surface area contributed by atoms with Crippen molar-refractivity contribution in [1.29, 1.82) is 0 Å². The molecule has 0 aliphatic rings. The predicted molar refractivity (Wildman–Crippen MR) is 98.1 cm³/mol. The van der Waals surface area contributed by atoms with Crippen LogP contribution in [0.1, 0.15) is 24.1 Å². The van der Waals surface area contributed by atoms with E-state index < -0.39 is 0 Å². The maximum atomic E-state index is 12.1. The number of nitrogens with one attached hydrogen (secondary N) is 2. The monoisotopic (exact) mass is 340 g/mol. The summed E-state index contributed by atoms with van der Waals surface area (Å²) in [5.74, 6) is 0.175. The number of likely N-dealkylation sites (N-methyl/N-ethyl adjacent to an activating group) is 1. The molecule has 0 saturated carbocycles. The van der Waals surface area contributed by atoms with Crippen molar-refractivity contribution in [2.45, 2.75) is 19.9 Å². The van der Waals surface area contributed by atoms with E-state index in [0.29, 0.717) is 5.82 Å². The first kappa shape index (κ1) is 18.6. The Balaban J connectivity index is 1.76. The molecule has 0 spiro atoms. The van der Waals surface area contributed by atoms with Crippen molar-refractivity contribution in [1.82, 2.24) is 15.2 Å². The Kier molecular flexibility index (Phi) is 6.65. The molecular weight excluding hydrogens is 316 g/mol. The predicted octanol–water partition coefficient (Wildman–Crippen LogP) is 2.14.